The number of aromatic carboxylic acids is 1. The van der Waals surface area contributed by atoms with E-state index in [1.165, 1.54) is 73.6 Å². The molecule has 0 spiro atoms. The summed E-state index contributed by atoms with van der Waals surface area (Å²) in [5, 5.41) is 13.8. The summed E-state index contributed by atoms with van der Waals surface area (Å²) >= 11 is 0. The number of hydrogen-bond donors (Lipinski definition) is 2. The molecule has 10 atom stereocenters. The summed E-state index contributed by atoms with van der Waals surface area (Å²) < 4.78 is 0. The average molecular weight is 678 g/mol. The molecule has 7 rings (SSSR count). The first kappa shape index (κ1) is 35.6. The van der Waals surface area contributed by atoms with Crippen LogP contribution in [0.15, 0.2) is 67.0 Å². The number of allylic oxidation sites excluding steroid dienone is 3. The van der Waals surface area contributed by atoms with Crippen molar-refractivity contribution in [3.05, 3.63) is 83.7 Å². The lowest BCUT2D eigenvalue weighted by atomic mass is 9.33. The Balaban J connectivity index is 1.19. The molecule has 50 heavy (non-hydrogen) atoms. The van der Waals surface area contributed by atoms with Crippen molar-refractivity contribution < 1.29 is 9.90 Å². The standard InChI is InChI=1S/C45H63N3O2/c1-29(2)33-18-23-45(47-28-36(48(8)9)32-11-10-26-46-27-32)25-24-43(6)35(39(33)45)16-17-38-42(5)21-19-34(30-12-14-31(15-13-30)40(49)50)41(3,4)37(42)20-22-44(38,43)7/h10-15,19,26-27,33,35-39,47H,1,16-18,20-25,28H2,2-9H3,(H,49,50)/t33-,35+,36?,37-,38+,39+,42-,43+,44+,45-/m0/s1. The molecule has 5 nitrogen and oxygen atoms in total. The normalized spacial score (nSPS) is 39.4. The zero-order valence-electron chi connectivity index (χ0n) is 32.2. The van der Waals surface area contributed by atoms with Crippen LogP contribution in [0.3, 0.4) is 0 Å². The SMILES string of the molecule is C=C(C)[C@@H]1CC[C@]2(NCC(c3cccnc3)N(C)C)CC[C@]3(C)[C@H](CC[C@@H]4[C@@]5(C)CC=C(c6ccc(C(=O)O)cc6)C(C)(C)[C@@H]5CC[C@]43C)[C@@H]12. The van der Waals surface area contributed by atoms with Crippen LogP contribution in [0.4, 0.5) is 0 Å². The second-order valence-electron chi connectivity index (χ2n) is 18.9. The van der Waals surface area contributed by atoms with E-state index in [1.807, 2.05) is 24.5 Å². The van der Waals surface area contributed by atoms with Gasteiger partial charge in [-0.2, -0.15) is 0 Å². The lowest BCUT2D eigenvalue weighted by molar-refractivity contribution is -0.219. The minimum absolute atomic E-state index is 0.0240. The van der Waals surface area contributed by atoms with Gasteiger partial charge in [-0.05, 0) is 165 Å². The smallest absolute Gasteiger partial charge is 0.335 e. The number of fused-ring (bicyclic) bond motifs is 7. The van der Waals surface area contributed by atoms with Gasteiger partial charge in [0.05, 0.1) is 5.56 Å². The van der Waals surface area contributed by atoms with Crippen molar-refractivity contribution in [2.24, 2.45) is 51.2 Å². The minimum atomic E-state index is -0.859. The fraction of sp³-hybridized carbons (Fsp3) is 0.644. The number of carboxylic acid groups (broad SMARTS) is 1. The van der Waals surface area contributed by atoms with Crippen LogP contribution in [-0.2, 0) is 0 Å². The number of carbonyl (C=O) groups is 1. The van der Waals surface area contributed by atoms with Crippen molar-refractivity contribution in [1.29, 1.82) is 0 Å². The van der Waals surface area contributed by atoms with E-state index in [0.29, 0.717) is 52.0 Å². The molecule has 4 saturated carbocycles. The van der Waals surface area contributed by atoms with Crippen molar-refractivity contribution in [3.63, 3.8) is 0 Å². The molecule has 2 aromatic rings. The molecule has 2 N–H and O–H groups in total. The summed E-state index contributed by atoms with van der Waals surface area (Å²) in [6, 6.07) is 12.2. The molecule has 0 aliphatic heterocycles. The van der Waals surface area contributed by atoms with Gasteiger partial charge in [0.2, 0.25) is 0 Å². The van der Waals surface area contributed by atoms with Gasteiger partial charge >= 0.3 is 5.97 Å². The number of rotatable bonds is 8. The van der Waals surface area contributed by atoms with E-state index in [1.54, 1.807) is 12.1 Å². The molecule has 0 amide bonds. The highest BCUT2D eigenvalue weighted by molar-refractivity contribution is 5.88. The molecule has 0 bridgehead atoms. The zero-order valence-corrected chi connectivity index (χ0v) is 32.2. The molecule has 1 aromatic carbocycles. The highest BCUT2D eigenvalue weighted by Crippen LogP contribution is 2.76. The highest BCUT2D eigenvalue weighted by Gasteiger charge is 2.70. The van der Waals surface area contributed by atoms with Gasteiger partial charge in [-0.15, -0.1) is 0 Å². The van der Waals surface area contributed by atoms with E-state index in [4.69, 9.17) is 0 Å². The number of likely N-dealkylation sites (N-methyl/N-ethyl adjacent to an activating group) is 1. The van der Waals surface area contributed by atoms with E-state index in [0.717, 1.165) is 13.0 Å². The molecule has 5 aliphatic carbocycles. The summed E-state index contributed by atoms with van der Waals surface area (Å²) in [5.41, 5.74) is 6.66. The first-order chi connectivity index (χ1) is 23.6. The Morgan fingerprint density at radius 1 is 0.960 bits per heavy atom. The molecule has 0 radical (unpaired) electrons. The molecule has 1 aromatic heterocycles. The largest absolute Gasteiger partial charge is 0.478 e. The number of nitrogens with one attached hydrogen (secondary N) is 1. The summed E-state index contributed by atoms with van der Waals surface area (Å²) in [6.45, 7) is 21.0. The molecule has 270 valence electrons. The van der Waals surface area contributed by atoms with Gasteiger partial charge in [-0.1, -0.05) is 71.0 Å². The fourth-order valence-corrected chi connectivity index (χ4v) is 13.8. The maximum absolute atomic E-state index is 11.6. The van der Waals surface area contributed by atoms with Gasteiger partial charge in [0.25, 0.3) is 0 Å². The fourth-order valence-electron chi connectivity index (χ4n) is 13.8. The van der Waals surface area contributed by atoms with Crippen molar-refractivity contribution in [1.82, 2.24) is 15.2 Å². The van der Waals surface area contributed by atoms with E-state index in [9.17, 15) is 9.90 Å². The van der Waals surface area contributed by atoms with Crippen LogP contribution in [0.2, 0.25) is 0 Å². The van der Waals surface area contributed by atoms with Gasteiger partial charge in [0, 0.05) is 30.5 Å². The van der Waals surface area contributed by atoms with Crippen molar-refractivity contribution in [3.8, 4) is 0 Å². The number of aromatic nitrogens is 1. The molecule has 0 saturated heterocycles. The second-order valence-corrected chi connectivity index (χ2v) is 18.9. The first-order valence-corrected chi connectivity index (χ1v) is 19.6. The molecule has 5 aliphatic rings. The van der Waals surface area contributed by atoms with Crippen molar-refractivity contribution >= 4 is 11.5 Å². The lowest BCUT2D eigenvalue weighted by Gasteiger charge is -2.72. The number of benzene rings is 1. The number of nitrogens with zero attached hydrogens (tertiary/aromatic N) is 2. The van der Waals surface area contributed by atoms with E-state index >= 15 is 0 Å². The van der Waals surface area contributed by atoms with Gasteiger partial charge < -0.3 is 15.3 Å². The third-order valence-corrected chi connectivity index (χ3v) is 16.4. The van der Waals surface area contributed by atoms with Gasteiger partial charge in [-0.3, -0.25) is 4.98 Å². The molecular weight excluding hydrogens is 615 g/mol. The van der Waals surface area contributed by atoms with Crippen LogP contribution in [0.1, 0.15) is 127 Å². The summed E-state index contributed by atoms with van der Waals surface area (Å²) in [4.78, 5) is 18.4. The van der Waals surface area contributed by atoms with Crippen LogP contribution in [0.25, 0.3) is 5.57 Å². The molecular formula is C45H63N3O2. The zero-order chi connectivity index (χ0) is 35.9. The lowest BCUT2D eigenvalue weighted by Crippen LogP contribution is -2.68. The Kier molecular flexibility index (Phi) is 8.86. The van der Waals surface area contributed by atoms with E-state index < -0.39 is 5.97 Å². The average Bonchev–Trinajstić information content (AvgIpc) is 3.45. The summed E-state index contributed by atoms with van der Waals surface area (Å²) in [5.74, 6) is 2.34. The summed E-state index contributed by atoms with van der Waals surface area (Å²) in [7, 11) is 4.41. The predicted octanol–water partition coefficient (Wildman–Crippen LogP) is 10.1. The monoisotopic (exact) mass is 677 g/mol. The Labute approximate surface area is 302 Å². The van der Waals surface area contributed by atoms with Crippen molar-refractivity contribution in [2.75, 3.05) is 20.6 Å². The maximum atomic E-state index is 11.6. The van der Waals surface area contributed by atoms with Crippen LogP contribution in [0.5, 0.6) is 0 Å². The Hall–Kier alpha value is -2.76. The van der Waals surface area contributed by atoms with Crippen LogP contribution in [-0.4, -0.2) is 47.1 Å². The van der Waals surface area contributed by atoms with Gasteiger partial charge in [0.1, 0.15) is 0 Å². The summed E-state index contributed by atoms with van der Waals surface area (Å²) in [6.07, 6.45) is 17.9. The quantitative estimate of drug-likeness (QED) is 0.272. The second kappa shape index (κ2) is 12.4. The number of pyridine rings is 1. The first-order valence-electron chi connectivity index (χ1n) is 19.6. The van der Waals surface area contributed by atoms with Crippen LogP contribution >= 0.6 is 0 Å². The van der Waals surface area contributed by atoms with Gasteiger partial charge in [-0.25, -0.2) is 4.79 Å². The topological polar surface area (TPSA) is 65.5 Å². The minimum Gasteiger partial charge on any atom is -0.478 e. The van der Waals surface area contributed by atoms with E-state index in [2.05, 4.69) is 95.6 Å². The highest BCUT2D eigenvalue weighted by atomic mass is 16.4. The Bertz CT molecular complexity index is 1650. The predicted molar refractivity (Wildman–Crippen MR) is 205 cm³/mol. The third kappa shape index (κ3) is 5.22. The third-order valence-electron chi connectivity index (χ3n) is 16.4. The Morgan fingerprint density at radius 3 is 2.34 bits per heavy atom. The molecule has 4 fully saturated rings. The van der Waals surface area contributed by atoms with Crippen LogP contribution in [0, 0.1) is 51.2 Å². The molecule has 1 heterocycles. The molecule has 5 heteroatoms. The van der Waals surface area contributed by atoms with Crippen molar-refractivity contribution in [2.45, 2.75) is 111 Å². The Morgan fingerprint density at radius 2 is 1.70 bits per heavy atom. The van der Waals surface area contributed by atoms with E-state index in [-0.39, 0.29) is 16.4 Å². The van der Waals surface area contributed by atoms with Gasteiger partial charge in [0.15, 0.2) is 0 Å². The number of carboxylic acids is 1. The molecule has 1 unspecified atom stereocenters. The maximum Gasteiger partial charge on any atom is 0.335 e. The van der Waals surface area contributed by atoms with Crippen LogP contribution < -0.4 is 5.32 Å². The number of hydrogen-bond acceptors (Lipinski definition) is 4.